The number of hydrogen-bond donors (Lipinski definition) is 3. The molecule has 1 heterocycles. The van der Waals surface area contributed by atoms with Gasteiger partial charge in [-0.05, 0) is 0 Å². The van der Waals surface area contributed by atoms with Gasteiger partial charge < -0.3 is 10.2 Å². The van der Waals surface area contributed by atoms with Crippen LogP contribution < -0.4 is 0 Å². The van der Waals surface area contributed by atoms with E-state index in [1.165, 1.54) is 0 Å². The zero-order chi connectivity index (χ0) is 13.4. The number of aromatic hydroxyl groups is 1. The molecule has 0 bridgehead atoms. The maximum Gasteiger partial charge on any atom is 0.358 e. The van der Waals surface area contributed by atoms with E-state index in [0.717, 1.165) is 0 Å². The molecule has 0 unspecified atom stereocenters. The van der Waals surface area contributed by atoms with E-state index in [1.54, 1.807) is 0 Å². The number of aromatic carboxylic acids is 1. The quantitative estimate of drug-likeness (QED) is 0.374. The summed E-state index contributed by atoms with van der Waals surface area (Å²) in [5.74, 6) is -3.17. The standard InChI is InChI=1S/C6H4N2O8S/c9-5-2(8(12)13)1-3(17(14,15)16)7-4(5)6(10)11/h1,9H,(H,10,11)(H,14,15,16). The second-order valence-electron chi connectivity index (χ2n) is 2.71. The van der Waals surface area contributed by atoms with Crippen LogP contribution in [0, 0.1) is 10.1 Å². The Hall–Kier alpha value is -2.27. The molecule has 11 heteroatoms. The minimum absolute atomic E-state index is 0.247. The lowest BCUT2D eigenvalue weighted by molar-refractivity contribution is -0.386. The first-order valence-electron chi connectivity index (χ1n) is 3.73. The van der Waals surface area contributed by atoms with Gasteiger partial charge in [0.2, 0.25) is 5.75 Å². The highest BCUT2D eigenvalue weighted by Crippen LogP contribution is 2.30. The molecule has 0 amide bonds. The van der Waals surface area contributed by atoms with Crippen LogP contribution in [0.15, 0.2) is 11.1 Å². The summed E-state index contributed by atoms with van der Waals surface area (Å²) in [6.07, 6.45) is 0. The molecule has 1 rings (SSSR count). The third kappa shape index (κ3) is 2.46. The summed E-state index contributed by atoms with van der Waals surface area (Å²) in [5.41, 5.74) is -2.43. The molecular weight excluding hydrogens is 260 g/mol. The van der Waals surface area contributed by atoms with Gasteiger partial charge in [0.1, 0.15) is 0 Å². The van der Waals surface area contributed by atoms with Crippen molar-refractivity contribution in [1.82, 2.24) is 4.98 Å². The molecule has 0 fully saturated rings. The van der Waals surface area contributed by atoms with Gasteiger partial charge in [0.25, 0.3) is 0 Å². The lowest BCUT2D eigenvalue weighted by Gasteiger charge is -2.02. The van der Waals surface area contributed by atoms with Crippen molar-refractivity contribution in [3.8, 4) is 5.75 Å². The Balaban J connectivity index is 3.71. The summed E-state index contributed by atoms with van der Waals surface area (Å²) >= 11 is 0. The molecule has 92 valence electrons. The van der Waals surface area contributed by atoms with Crippen LogP contribution in [0.5, 0.6) is 5.75 Å². The Morgan fingerprint density at radius 2 is 2.00 bits per heavy atom. The molecule has 0 aliphatic carbocycles. The summed E-state index contributed by atoms with van der Waals surface area (Å²) in [7, 11) is -4.92. The largest absolute Gasteiger partial charge is 0.500 e. The number of nitro groups is 1. The van der Waals surface area contributed by atoms with Crippen LogP contribution in [-0.2, 0) is 10.1 Å². The maximum absolute atomic E-state index is 10.7. The minimum Gasteiger partial charge on any atom is -0.500 e. The van der Waals surface area contributed by atoms with Crippen LogP contribution in [-0.4, -0.2) is 39.1 Å². The van der Waals surface area contributed by atoms with Crippen molar-refractivity contribution in [1.29, 1.82) is 0 Å². The molecule has 17 heavy (non-hydrogen) atoms. The van der Waals surface area contributed by atoms with E-state index >= 15 is 0 Å². The van der Waals surface area contributed by atoms with Crippen LogP contribution in [0.2, 0.25) is 0 Å². The van der Waals surface area contributed by atoms with Gasteiger partial charge in [-0.2, -0.15) is 8.42 Å². The Bertz CT molecular complexity index is 571. The van der Waals surface area contributed by atoms with Gasteiger partial charge >= 0.3 is 21.8 Å². The summed E-state index contributed by atoms with van der Waals surface area (Å²) < 4.78 is 30.0. The molecule has 0 radical (unpaired) electrons. The van der Waals surface area contributed by atoms with Crippen LogP contribution in [0.25, 0.3) is 0 Å². The smallest absolute Gasteiger partial charge is 0.358 e. The van der Waals surface area contributed by atoms with E-state index in [2.05, 4.69) is 4.98 Å². The second kappa shape index (κ2) is 3.95. The zero-order valence-corrected chi connectivity index (χ0v) is 8.58. The molecule has 0 atom stereocenters. The summed E-state index contributed by atoms with van der Waals surface area (Å²) in [6, 6.07) is 0.247. The van der Waals surface area contributed by atoms with E-state index < -0.39 is 43.2 Å². The zero-order valence-electron chi connectivity index (χ0n) is 7.76. The fraction of sp³-hybridized carbons (Fsp3) is 0. The maximum atomic E-state index is 10.7. The van der Waals surface area contributed by atoms with Gasteiger partial charge in [0.05, 0.1) is 11.0 Å². The summed E-state index contributed by atoms with van der Waals surface area (Å²) in [4.78, 5) is 22.7. The first-order valence-corrected chi connectivity index (χ1v) is 5.17. The van der Waals surface area contributed by atoms with E-state index in [-0.39, 0.29) is 6.07 Å². The minimum atomic E-state index is -4.92. The van der Waals surface area contributed by atoms with Crippen molar-refractivity contribution in [3.63, 3.8) is 0 Å². The third-order valence-electron chi connectivity index (χ3n) is 1.61. The van der Waals surface area contributed by atoms with Crippen LogP contribution >= 0.6 is 0 Å². The molecular formula is C6H4N2O8S. The average molecular weight is 264 g/mol. The normalized spacial score (nSPS) is 11.1. The fourth-order valence-electron chi connectivity index (χ4n) is 0.922. The molecule has 1 aromatic heterocycles. The number of pyridine rings is 1. The van der Waals surface area contributed by atoms with Crippen LogP contribution in [0.4, 0.5) is 5.69 Å². The Labute approximate surface area is 93.0 Å². The number of carboxylic acids is 1. The molecule has 0 aliphatic rings. The number of nitrogens with zero attached hydrogens (tertiary/aromatic N) is 2. The molecule has 0 saturated heterocycles. The van der Waals surface area contributed by atoms with E-state index in [9.17, 15) is 23.3 Å². The van der Waals surface area contributed by atoms with Crippen molar-refractivity contribution < 1.29 is 32.9 Å². The monoisotopic (exact) mass is 264 g/mol. The van der Waals surface area contributed by atoms with Gasteiger partial charge in [0.15, 0.2) is 10.7 Å². The lowest BCUT2D eigenvalue weighted by atomic mass is 10.3. The fourth-order valence-corrected chi connectivity index (χ4v) is 1.39. The topological polar surface area (TPSA) is 168 Å². The van der Waals surface area contributed by atoms with Gasteiger partial charge in [-0.1, -0.05) is 0 Å². The number of hydrogen-bond acceptors (Lipinski definition) is 7. The van der Waals surface area contributed by atoms with Crippen LogP contribution in [0.3, 0.4) is 0 Å². The van der Waals surface area contributed by atoms with Crippen molar-refractivity contribution in [2.75, 3.05) is 0 Å². The SMILES string of the molecule is O=C(O)c1nc(S(=O)(=O)O)cc([N+](=O)[O-])c1O. The molecule has 1 aromatic rings. The number of rotatable bonds is 3. The highest BCUT2D eigenvalue weighted by molar-refractivity contribution is 7.85. The first-order chi connectivity index (χ1) is 7.64. The third-order valence-corrected chi connectivity index (χ3v) is 2.35. The van der Waals surface area contributed by atoms with E-state index in [1.807, 2.05) is 0 Å². The number of carboxylic acid groups (broad SMARTS) is 1. The summed E-state index contributed by atoms with van der Waals surface area (Å²) in [5, 5.41) is 26.9. The van der Waals surface area contributed by atoms with Crippen molar-refractivity contribution in [2.24, 2.45) is 0 Å². The lowest BCUT2D eigenvalue weighted by Crippen LogP contribution is -2.09. The molecule has 10 nitrogen and oxygen atoms in total. The van der Waals surface area contributed by atoms with Crippen molar-refractivity contribution in [2.45, 2.75) is 5.03 Å². The molecule has 0 saturated carbocycles. The van der Waals surface area contributed by atoms with Gasteiger partial charge in [-0.3, -0.25) is 14.7 Å². The molecule has 0 aromatic carbocycles. The van der Waals surface area contributed by atoms with Crippen molar-refractivity contribution >= 4 is 21.8 Å². The molecule has 3 N–H and O–H groups in total. The van der Waals surface area contributed by atoms with Crippen LogP contribution in [0.1, 0.15) is 10.5 Å². The highest BCUT2D eigenvalue weighted by atomic mass is 32.2. The van der Waals surface area contributed by atoms with Gasteiger partial charge in [0, 0.05) is 0 Å². The second-order valence-corrected chi connectivity index (χ2v) is 4.08. The molecule has 0 spiro atoms. The number of carbonyl (C=O) groups is 1. The molecule has 0 aliphatic heterocycles. The number of aromatic nitrogens is 1. The highest BCUT2D eigenvalue weighted by Gasteiger charge is 2.28. The summed E-state index contributed by atoms with van der Waals surface area (Å²) in [6.45, 7) is 0. The Morgan fingerprint density at radius 3 is 2.35 bits per heavy atom. The Kier molecular flexibility index (Phi) is 2.97. The van der Waals surface area contributed by atoms with Gasteiger partial charge in [-0.15, -0.1) is 0 Å². The Morgan fingerprint density at radius 1 is 1.47 bits per heavy atom. The predicted molar refractivity (Wildman–Crippen MR) is 49.3 cm³/mol. The van der Waals surface area contributed by atoms with E-state index in [4.69, 9.17) is 14.8 Å². The van der Waals surface area contributed by atoms with Gasteiger partial charge in [-0.25, -0.2) is 9.78 Å². The predicted octanol–water partition coefficient (Wildman–Crippen LogP) is -0.360. The first kappa shape index (κ1) is 12.8. The van der Waals surface area contributed by atoms with Crippen molar-refractivity contribution in [3.05, 3.63) is 21.9 Å². The van der Waals surface area contributed by atoms with E-state index in [0.29, 0.717) is 0 Å². The average Bonchev–Trinajstić information content (AvgIpc) is 2.14.